The second-order valence-corrected chi connectivity index (χ2v) is 6.38. The van der Waals surface area contributed by atoms with Gasteiger partial charge in [-0.1, -0.05) is 26.3 Å². The van der Waals surface area contributed by atoms with Crippen molar-refractivity contribution in [2.45, 2.75) is 46.5 Å². The molecule has 3 aromatic heterocycles. The van der Waals surface area contributed by atoms with Crippen LogP contribution in [0.2, 0.25) is 0 Å². The van der Waals surface area contributed by atoms with Crippen LogP contribution in [0.1, 0.15) is 45.1 Å². The van der Waals surface area contributed by atoms with E-state index < -0.39 is 0 Å². The Morgan fingerprint density at radius 2 is 1.79 bits per heavy atom. The summed E-state index contributed by atoms with van der Waals surface area (Å²) in [6, 6.07) is 5.35. The van der Waals surface area contributed by atoms with Gasteiger partial charge in [-0.15, -0.1) is 0 Å². The van der Waals surface area contributed by atoms with E-state index in [-0.39, 0.29) is 5.91 Å². The molecular formula is C21H32N6O. The Balaban J connectivity index is 0.000000210. The molecule has 1 amide bonds. The number of imidazole rings is 2. The molecule has 0 aliphatic carbocycles. The van der Waals surface area contributed by atoms with Crippen molar-refractivity contribution in [3.05, 3.63) is 60.8 Å². The highest BCUT2D eigenvalue weighted by atomic mass is 16.1. The number of carbonyl (C=O) groups is 1. The smallest absolute Gasteiger partial charge is 0.222 e. The van der Waals surface area contributed by atoms with E-state index in [1.807, 2.05) is 43.4 Å². The molecular weight excluding hydrogens is 352 g/mol. The largest absolute Gasteiger partial charge is 0.340 e. The van der Waals surface area contributed by atoms with Gasteiger partial charge < -0.3 is 14.5 Å². The predicted octanol–water partition coefficient (Wildman–Crippen LogP) is 3.79. The Hall–Kier alpha value is -2.96. The number of pyridine rings is 1. The lowest BCUT2D eigenvalue weighted by Gasteiger charge is -1.96. The predicted molar refractivity (Wildman–Crippen MR) is 113 cm³/mol. The topological polar surface area (TPSA) is 77.6 Å². The SMILES string of the molecule is CC(=O)Nc1ccccn1.CCCc1cn(C)cn1.CCCc1nccn1C. The van der Waals surface area contributed by atoms with Crippen LogP contribution in [0.5, 0.6) is 0 Å². The average molecular weight is 385 g/mol. The first-order chi connectivity index (χ1) is 13.5. The fourth-order valence-electron chi connectivity index (χ4n) is 2.33. The van der Waals surface area contributed by atoms with Crippen molar-refractivity contribution >= 4 is 11.7 Å². The van der Waals surface area contributed by atoms with E-state index in [1.165, 1.54) is 31.3 Å². The second kappa shape index (κ2) is 13.2. The third kappa shape index (κ3) is 9.66. The number of nitrogens with one attached hydrogen (secondary N) is 1. The summed E-state index contributed by atoms with van der Waals surface area (Å²) in [4.78, 5) is 22.7. The summed E-state index contributed by atoms with van der Waals surface area (Å²) < 4.78 is 4.04. The number of rotatable bonds is 5. The first-order valence-corrected chi connectivity index (χ1v) is 9.57. The number of carbonyl (C=O) groups excluding carboxylic acids is 1. The molecule has 0 aromatic carbocycles. The Labute approximate surface area is 167 Å². The molecule has 0 radical (unpaired) electrons. The third-order valence-corrected chi connectivity index (χ3v) is 3.63. The lowest BCUT2D eigenvalue weighted by atomic mass is 10.3. The van der Waals surface area contributed by atoms with Crippen molar-refractivity contribution in [1.82, 2.24) is 24.1 Å². The minimum atomic E-state index is -0.0984. The van der Waals surface area contributed by atoms with Crippen molar-refractivity contribution in [1.29, 1.82) is 0 Å². The Kier molecular flexibility index (Phi) is 10.9. The van der Waals surface area contributed by atoms with Crippen LogP contribution in [0.4, 0.5) is 5.82 Å². The van der Waals surface area contributed by atoms with Crippen LogP contribution in [0.3, 0.4) is 0 Å². The molecule has 3 rings (SSSR count). The number of hydrogen-bond donors (Lipinski definition) is 1. The van der Waals surface area contributed by atoms with Gasteiger partial charge in [0.25, 0.3) is 0 Å². The van der Waals surface area contributed by atoms with Gasteiger partial charge >= 0.3 is 0 Å². The quantitative estimate of drug-likeness (QED) is 0.726. The maximum Gasteiger partial charge on any atom is 0.222 e. The fourth-order valence-corrected chi connectivity index (χ4v) is 2.33. The monoisotopic (exact) mass is 384 g/mol. The molecule has 3 aromatic rings. The van der Waals surface area contributed by atoms with Crippen molar-refractivity contribution in [3.8, 4) is 0 Å². The zero-order valence-corrected chi connectivity index (χ0v) is 17.6. The van der Waals surface area contributed by atoms with Crippen LogP contribution in [0, 0.1) is 0 Å². The minimum Gasteiger partial charge on any atom is -0.340 e. The average Bonchev–Trinajstić information content (AvgIpc) is 3.26. The normalized spacial score (nSPS) is 9.61. The number of aromatic nitrogens is 5. The van der Waals surface area contributed by atoms with Gasteiger partial charge in [-0.25, -0.2) is 15.0 Å². The summed E-state index contributed by atoms with van der Waals surface area (Å²) in [6.07, 6.45) is 13.9. The van der Waals surface area contributed by atoms with Crippen LogP contribution in [-0.2, 0) is 31.7 Å². The molecule has 1 N–H and O–H groups in total. The lowest BCUT2D eigenvalue weighted by molar-refractivity contribution is -0.114. The van der Waals surface area contributed by atoms with Gasteiger partial charge in [-0.05, 0) is 25.0 Å². The number of hydrogen-bond acceptors (Lipinski definition) is 4. The molecule has 0 saturated carbocycles. The van der Waals surface area contributed by atoms with E-state index in [1.54, 1.807) is 18.3 Å². The molecule has 0 spiro atoms. The van der Waals surface area contributed by atoms with E-state index in [2.05, 4.69) is 44.9 Å². The van der Waals surface area contributed by atoms with Gasteiger partial charge in [0, 0.05) is 52.2 Å². The third-order valence-electron chi connectivity index (χ3n) is 3.63. The van der Waals surface area contributed by atoms with Gasteiger partial charge in [-0.3, -0.25) is 4.79 Å². The van der Waals surface area contributed by atoms with E-state index in [0.717, 1.165) is 12.8 Å². The Bertz CT molecular complexity index is 794. The maximum atomic E-state index is 10.5. The Morgan fingerprint density at radius 3 is 2.25 bits per heavy atom. The first kappa shape index (κ1) is 23.1. The van der Waals surface area contributed by atoms with Gasteiger partial charge in [0.05, 0.1) is 12.0 Å². The van der Waals surface area contributed by atoms with Gasteiger partial charge in [0.15, 0.2) is 0 Å². The van der Waals surface area contributed by atoms with Crippen molar-refractivity contribution < 1.29 is 4.79 Å². The lowest BCUT2D eigenvalue weighted by Crippen LogP contribution is -2.06. The van der Waals surface area contributed by atoms with Crippen LogP contribution in [0.15, 0.2) is 49.3 Å². The van der Waals surface area contributed by atoms with Gasteiger partial charge in [0.1, 0.15) is 11.6 Å². The molecule has 152 valence electrons. The van der Waals surface area contributed by atoms with Gasteiger partial charge in [-0.2, -0.15) is 0 Å². The van der Waals surface area contributed by atoms with E-state index in [0.29, 0.717) is 5.82 Å². The molecule has 0 fully saturated rings. The molecule has 0 bridgehead atoms. The zero-order chi connectivity index (χ0) is 20.8. The van der Waals surface area contributed by atoms with E-state index in [4.69, 9.17) is 0 Å². The number of nitrogens with zero attached hydrogens (tertiary/aromatic N) is 5. The first-order valence-electron chi connectivity index (χ1n) is 9.57. The Morgan fingerprint density at radius 1 is 1.04 bits per heavy atom. The van der Waals surface area contributed by atoms with E-state index >= 15 is 0 Å². The molecule has 0 aliphatic rings. The zero-order valence-electron chi connectivity index (χ0n) is 17.6. The summed E-state index contributed by atoms with van der Waals surface area (Å²) in [5.41, 5.74) is 1.19. The van der Waals surface area contributed by atoms with Crippen molar-refractivity contribution in [2.75, 3.05) is 5.32 Å². The second-order valence-electron chi connectivity index (χ2n) is 6.38. The molecule has 0 aliphatic heterocycles. The molecule has 3 heterocycles. The maximum absolute atomic E-state index is 10.5. The summed E-state index contributed by atoms with van der Waals surface area (Å²) in [5.74, 6) is 1.67. The minimum absolute atomic E-state index is 0.0984. The summed E-state index contributed by atoms with van der Waals surface area (Å²) in [7, 11) is 4.02. The van der Waals surface area contributed by atoms with Crippen molar-refractivity contribution in [3.63, 3.8) is 0 Å². The standard InChI is InChI=1S/C7H8N2O.2C7H12N2/c1-6(10)9-7-4-2-3-5-8-7;1-3-4-7-5-9(2)6-8-7;1-3-4-7-8-5-6-9(7)2/h2-5H,1H3,(H,8,9,10);2*5-6H,3-4H2,1-2H3. The summed E-state index contributed by atoms with van der Waals surface area (Å²) in [6.45, 7) is 5.78. The molecule has 7 nitrogen and oxygen atoms in total. The molecule has 0 unspecified atom stereocenters. The highest BCUT2D eigenvalue weighted by Crippen LogP contribution is 1.98. The van der Waals surface area contributed by atoms with E-state index in [9.17, 15) is 4.79 Å². The van der Waals surface area contributed by atoms with Gasteiger partial charge in [0.2, 0.25) is 5.91 Å². The molecule has 7 heteroatoms. The van der Waals surface area contributed by atoms with Crippen LogP contribution in [0.25, 0.3) is 0 Å². The fraction of sp³-hybridized carbons (Fsp3) is 0.429. The van der Waals surface area contributed by atoms with Crippen LogP contribution < -0.4 is 5.32 Å². The summed E-state index contributed by atoms with van der Waals surface area (Å²) >= 11 is 0. The number of aryl methyl sites for hydroxylation is 4. The molecule has 0 atom stereocenters. The van der Waals surface area contributed by atoms with Crippen LogP contribution >= 0.6 is 0 Å². The highest BCUT2D eigenvalue weighted by molar-refractivity contribution is 5.87. The number of amides is 1. The highest BCUT2D eigenvalue weighted by Gasteiger charge is 1.94. The van der Waals surface area contributed by atoms with Crippen LogP contribution in [-0.4, -0.2) is 30.0 Å². The van der Waals surface area contributed by atoms with Crippen molar-refractivity contribution in [2.24, 2.45) is 14.1 Å². The summed E-state index contributed by atoms with van der Waals surface area (Å²) in [5, 5.41) is 2.55. The number of anilines is 1. The molecule has 0 saturated heterocycles. The molecule has 28 heavy (non-hydrogen) atoms.